The standard InChI is InChI=1S/C22H29N3O5S2/c1-5-7-17-10-18-21(23-11-17)30-19(15(2)12-25(22(18)27)16(3)14-26)13-24(4)32(28,29)20-8-6-9-31-20/h5-11,15-16,19,26H,12-14H2,1-4H3/b7-5+/t15-,16+,19-/m0/s1. The molecule has 2 aromatic rings. The summed E-state index contributed by atoms with van der Waals surface area (Å²) in [6.45, 7) is 5.77. The molecule has 1 amide bonds. The van der Waals surface area contributed by atoms with Gasteiger partial charge in [0, 0.05) is 25.7 Å². The second-order valence-electron chi connectivity index (χ2n) is 7.96. The Morgan fingerprint density at radius 2 is 2.22 bits per heavy atom. The summed E-state index contributed by atoms with van der Waals surface area (Å²) in [5.41, 5.74) is 1.05. The van der Waals surface area contributed by atoms with E-state index in [1.165, 1.54) is 11.4 Å². The first-order valence-electron chi connectivity index (χ1n) is 10.4. The van der Waals surface area contributed by atoms with Crippen molar-refractivity contribution in [2.75, 3.05) is 26.7 Å². The normalized spacial score (nSPS) is 20.7. The lowest BCUT2D eigenvalue weighted by Crippen LogP contribution is -2.50. The first kappa shape index (κ1) is 24.4. The predicted molar refractivity (Wildman–Crippen MR) is 124 cm³/mol. The van der Waals surface area contributed by atoms with E-state index in [1.54, 1.807) is 41.6 Å². The maximum atomic E-state index is 13.3. The summed E-state index contributed by atoms with van der Waals surface area (Å²) in [5.74, 6) is -0.318. The molecule has 0 radical (unpaired) electrons. The highest BCUT2D eigenvalue weighted by molar-refractivity contribution is 7.91. The molecule has 0 spiro atoms. The molecule has 10 heteroatoms. The van der Waals surface area contributed by atoms with Gasteiger partial charge in [-0.05, 0) is 36.9 Å². The fraction of sp³-hybridized carbons (Fsp3) is 0.455. The molecule has 0 saturated carbocycles. The average Bonchev–Trinajstić information content (AvgIpc) is 3.32. The fourth-order valence-electron chi connectivity index (χ4n) is 3.54. The lowest BCUT2D eigenvalue weighted by atomic mass is 10.00. The molecule has 0 aromatic carbocycles. The van der Waals surface area contributed by atoms with Crippen LogP contribution in [-0.2, 0) is 10.0 Å². The van der Waals surface area contributed by atoms with Crippen LogP contribution in [0.4, 0.5) is 0 Å². The van der Waals surface area contributed by atoms with Gasteiger partial charge in [-0.15, -0.1) is 11.3 Å². The lowest BCUT2D eigenvalue weighted by Gasteiger charge is -2.37. The highest BCUT2D eigenvalue weighted by Gasteiger charge is 2.36. The van der Waals surface area contributed by atoms with Crippen LogP contribution in [0.1, 0.15) is 36.7 Å². The van der Waals surface area contributed by atoms with Crippen LogP contribution in [0.15, 0.2) is 40.1 Å². The Morgan fingerprint density at radius 1 is 1.47 bits per heavy atom. The van der Waals surface area contributed by atoms with Gasteiger partial charge in [0.25, 0.3) is 15.9 Å². The van der Waals surface area contributed by atoms with E-state index in [1.807, 2.05) is 26.0 Å². The topological polar surface area (TPSA) is 100 Å². The van der Waals surface area contributed by atoms with Gasteiger partial charge in [0.05, 0.1) is 19.2 Å². The van der Waals surface area contributed by atoms with Crippen LogP contribution in [0.25, 0.3) is 6.08 Å². The van der Waals surface area contributed by atoms with Gasteiger partial charge < -0.3 is 14.7 Å². The van der Waals surface area contributed by atoms with Gasteiger partial charge in [0.2, 0.25) is 5.88 Å². The number of rotatable bonds is 7. The van der Waals surface area contributed by atoms with Gasteiger partial charge in [0.1, 0.15) is 15.9 Å². The molecule has 3 rings (SSSR count). The van der Waals surface area contributed by atoms with Gasteiger partial charge in [-0.3, -0.25) is 4.79 Å². The number of pyridine rings is 1. The van der Waals surface area contributed by atoms with E-state index in [9.17, 15) is 18.3 Å². The Balaban J connectivity index is 1.98. The van der Waals surface area contributed by atoms with Gasteiger partial charge in [-0.25, -0.2) is 13.4 Å². The molecule has 1 N–H and O–H groups in total. The Kier molecular flexibility index (Phi) is 7.71. The monoisotopic (exact) mass is 479 g/mol. The molecule has 2 aromatic heterocycles. The number of ether oxygens (including phenoxy) is 1. The Labute approximate surface area is 193 Å². The number of likely N-dealkylation sites (N-methyl/N-ethyl adjacent to an activating group) is 1. The van der Waals surface area contributed by atoms with Crippen LogP contribution in [0.5, 0.6) is 5.88 Å². The zero-order valence-electron chi connectivity index (χ0n) is 18.6. The SMILES string of the molecule is C/C=C/c1cnc2c(c1)C(=O)N([C@H](C)CO)C[C@H](C)[C@H](CN(C)S(=O)(=O)c1cccs1)O2. The number of thiophene rings is 1. The maximum Gasteiger partial charge on any atom is 0.259 e. The maximum absolute atomic E-state index is 13.3. The van der Waals surface area contributed by atoms with E-state index < -0.39 is 22.2 Å². The summed E-state index contributed by atoms with van der Waals surface area (Å²) >= 11 is 1.16. The molecule has 0 fully saturated rings. The van der Waals surface area contributed by atoms with E-state index in [4.69, 9.17) is 4.74 Å². The van der Waals surface area contributed by atoms with Crippen molar-refractivity contribution >= 4 is 33.3 Å². The van der Waals surface area contributed by atoms with Crippen molar-refractivity contribution in [2.45, 2.75) is 37.1 Å². The second kappa shape index (κ2) is 10.1. The zero-order valence-corrected chi connectivity index (χ0v) is 20.3. The highest BCUT2D eigenvalue weighted by atomic mass is 32.2. The number of carbonyl (C=O) groups is 1. The second-order valence-corrected chi connectivity index (χ2v) is 11.2. The largest absolute Gasteiger partial charge is 0.472 e. The highest BCUT2D eigenvalue weighted by Crippen LogP contribution is 2.29. The van der Waals surface area contributed by atoms with Crippen molar-refractivity contribution < 1.29 is 23.1 Å². The van der Waals surface area contributed by atoms with Crippen LogP contribution in [0, 0.1) is 5.92 Å². The summed E-state index contributed by atoms with van der Waals surface area (Å²) in [6, 6.07) is 4.57. The third-order valence-electron chi connectivity index (χ3n) is 5.50. The predicted octanol–water partition coefficient (Wildman–Crippen LogP) is 2.72. The number of aliphatic hydroxyl groups excluding tert-OH is 1. The average molecular weight is 480 g/mol. The zero-order chi connectivity index (χ0) is 23.5. The minimum absolute atomic E-state index is 0.0919. The third kappa shape index (κ3) is 5.03. The summed E-state index contributed by atoms with van der Waals surface area (Å²) in [6.07, 6.45) is 4.75. The Hall–Kier alpha value is -2.27. The lowest BCUT2D eigenvalue weighted by molar-refractivity contribution is 0.0373. The minimum Gasteiger partial charge on any atom is -0.472 e. The molecule has 0 bridgehead atoms. The number of allylic oxidation sites excluding steroid dienone is 1. The van der Waals surface area contributed by atoms with Crippen molar-refractivity contribution in [3.05, 3.63) is 47.0 Å². The molecule has 1 aliphatic heterocycles. The number of carbonyl (C=O) groups excluding carboxylic acids is 1. The van der Waals surface area contributed by atoms with E-state index in [0.717, 1.165) is 16.9 Å². The number of sulfonamides is 1. The number of hydrogen-bond acceptors (Lipinski definition) is 7. The van der Waals surface area contributed by atoms with Crippen molar-refractivity contribution in [3.63, 3.8) is 0 Å². The van der Waals surface area contributed by atoms with Crippen LogP contribution >= 0.6 is 11.3 Å². The first-order valence-corrected chi connectivity index (χ1v) is 12.7. The van der Waals surface area contributed by atoms with E-state index in [2.05, 4.69) is 4.98 Å². The molecular weight excluding hydrogens is 450 g/mol. The molecule has 3 atom stereocenters. The number of amides is 1. The minimum atomic E-state index is -3.65. The number of aromatic nitrogens is 1. The molecule has 8 nitrogen and oxygen atoms in total. The van der Waals surface area contributed by atoms with E-state index in [0.29, 0.717) is 12.1 Å². The first-order chi connectivity index (χ1) is 15.2. The quantitative estimate of drug-likeness (QED) is 0.656. The molecule has 0 unspecified atom stereocenters. The Bertz CT molecular complexity index is 1070. The number of hydrogen-bond donors (Lipinski definition) is 1. The number of nitrogens with zero attached hydrogens (tertiary/aromatic N) is 3. The van der Waals surface area contributed by atoms with Gasteiger partial charge in [-0.1, -0.05) is 25.1 Å². The summed E-state index contributed by atoms with van der Waals surface area (Å²) in [5, 5.41) is 11.4. The van der Waals surface area contributed by atoms with Crippen molar-refractivity contribution in [1.82, 2.24) is 14.2 Å². The van der Waals surface area contributed by atoms with Gasteiger partial charge in [0.15, 0.2) is 0 Å². The molecule has 174 valence electrons. The summed E-state index contributed by atoms with van der Waals surface area (Å²) in [4.78, 5) is 19.3. The van der Waals surface area contributed by atoms with Crippen LogP contribution in [0.2, 0.25) is 0 Å². The van der Waals surface area contributed by atoms with Gasteiger partial charge >= 0.3 is 0 Å². The number of aliphatic hydroxyl groups is 1. The summed E-state index contributed by atoms with van der Waals surface area (Å²) < 4.78 is 33.5. The van der Waals surface area contributed by atoms with Crippen LogP contribution in [-0.4, -0.2) is 72.5 Å². The molecule has 3 heterocycles. The van der Waals surface area contributed by atoms with Gasteiger partial charge in [-0.2, -0.15) is 4.31 Å². The van der Waals surface area contributed by atoms with E-state index >= 15 is 0 Å². The molecule has 32 heavy (non-hydrogen) atoms. The van der Waals surface area contributed by atoms with E-state index in [-0.39, 0.29) is 35.1 Å². The molecular formula is C22H29N3O5S2. The fourth-order valence-corrected chi connectivity index (χ4v) is 5.92. The molecule has 0 saturated heterocycles. The van der Waals surface area contributed by atoms with Crippen LogP contribution in [0.3, 0.4) is 0 Å². The molecule has 0 aliphatic carbocycles. The Morgan fingerprint density at radius 3 is 2.84 bits per heavy atom. The van der Waals surface area contributed by atoms with Crippen molar-refractivity contribution in [3.8, 4) is 5.88 Å². The summed E-state index contributed by atoms with van der Waals surface area (Å²) in [7, 11) is -2.13. The van der Waals surface area contributed by atoms with Crippen molar-refractivity contribution in [2.24, 2.45) is 5.92 Å². The van der Waals surface area contributed by atoms with Crippen molar-refractivity contribution in [1.29, 1.82) is 0 Å². The smallest absolute Gasteiger partial charge is 0.259 e. The van der Waals surface area contributed by atoms with Crippen LogP contribution < -0.4 is 4.74 Å². The number of fused-ring (bicyclic) bond motifs is 1. The molecule has 1 aliphatic rings. The third-order valence-corrected chi connectivity index (χ3v) is 8.69.